The van der Waals surface area contributed by atoms with Crippen LogP contribution in [0.25, 0.3) is 11.0 Å². The van der Waals surface area contributed by atoms with Crippen molar-refractivity contribution in [3.8, 4) is 0 Å². The first-order valence-electron chi connectivity index (χ1n) is 7.48. The Balaban J connectivity index is 1.46. The number of aryl methyl sites for hydroxylation is 2. The number of aromatic nitrogens is 4. The van der Waals surface area contributed by atoms with Gasteiger partial charge in [-0.2, -0.15) is 0 Å². The topological polar surface area (TPSA) is 47.7 Å². The molecule has 2 aromatic heterocycles. The number of imidazole rings is 2. The number of rotatable bonds is 7. The highest BCUT2D eigenvalue weighted by atomic mass is 15.1. The molecule has 2 heterocycles. The average Bonchev–Trinajstić information content (AvgIpc) is 3.13. The van der Waals surface area contributed by atoms with E-state index in [2.05, 4.69) is 49.5 Å². The first kappa shape index (κ1) is 13.8. The van der Waals surface area contributed by atoms with E-state index in [0.29, 0.717) is 0 Å². The van der Waals surface area contributed by atoms with Crippen molar-refractivity contribution in [3.05, 3.63) is 48.8 Å². The van der Waals surface area contributed by atoms with Crippen LogP contribution < -0.4 is 5.32 Å². The van der Waals surface area contributed by atoms with Gasteiger partial charge in [-0.15, -0.1) is 0 Å². The van der Waals surface area contributed by atoms with Gasteiger partial charge in [0.05, 0.1) is 29.4 Å². The summed E-state index contributed by atoms with van der Waals surface area (Å²) >= 11 is 0. The first-order chi connectivity index (χ1) is 10.4. The van der Waals surface area contributed by atoms with Crippen molar-refractivity contribution in [2.45, 2.75) is 33.0 Å². The molecule has 5 nitrogen and oxygen atoms in total. The van der Waals surface area contributed by atoms with Gasteiger partial charge in [0.25, 0.3) is 0 Å². The highest BCUT2D eigenvalue weighted by Crippen LogP contribution is 2.11. The molecular formula is C16H21N5. The van der Waals surface area contributed by atoms with Crippen LogP contribution in [0.2, 0.25) is 0 Å². The smallest absolute Gasteiger partial charge is 0.0958 e. The van der Waals surface area contributed by atoms with Crippen LogP contribution in [0.1, 0.15) is 19.0 Å². The Morgan fingerprint density at radius 2 is 2.05 bits per heavy atom. The lowest BCUT2D eigenvalue weighted by Gasteiger charge is -2.08. The largest absolute Gasteiger partial charge is 0.334 e. The zero-order chi connectivity index (χ0) is 14.5. The Morgan fingerprint density at radius 3 is 2.95 bits per heavy atom. The molecule has 0 radical (unpaired) electrons. The third-order valence-electron chi connectivity index (χ3n) is 3.73. The summed E-state index contributed by atoms with van der Waals surface area (Å²) < 4.78 is 4.38. The fourth-order valence-electron chi connectivity index (χ4n) is 2.56. The lowest BCUT2D eigenvalue weighted by molar-refractivity contribution is 0.571. The van der Waals surface area contributed by atoms with E-state index in [1.165, 1.54) is 11.2 Å². The summed E-state index contributed by atoms with van der Waals surface area (Å²) in [6, 6.07) is 8.26. The van der Waals surface area contributed by atoms with Crippen LogP contribution in [0.4, 0.5) is 0 Å². The number of fused-ring (bicyclic) bond motifs is 1. The molecule has 5 heteroatoms. The van der Waals surface area contributed by atoms with Crippen LogP contribution in [0.15, 0.2) is 43.1 Å². The van der Waals surface area contributed by atoms with E-state index in [4.69, 9.17) is 0 Å². The van der Waals surface area contributed by atoms with Gasteiger partial charge in [-0.25, -0.2) is 9.97 Å². The van der Waals surface area contributed by atoms with E-state index in [-0.39, 0.29) is 0 Å². The summed E-state index contributed by atoms with van der Waals surface area (Å²) in [7, 11) is 0. The monoisotopic (exact) mass is 283 g/mol. The van der Waals surface area contributed by atoms with Crippen molar-refractivity contribution in [1.82, 2.24) is 24.4 Å². The summed E-state index contributed by atoms with van der Waals surface area (Å²) in [5.74, 6) is 0. The number of hydrogen-bond acceptors (Lipinski definition) is 3. The molecule has 0 aliphatic carbocycles. The molecule has 3 rings (SSSR count). The van der Waals surface area contributed by atoms with Crippen molar-refractivity contribution in [2.75, 3.05) is 6.54 Å². The van der Waals surface area contributed by atoms with E-state index >= 15 is 0 Å². The van der Waals surface area contributed by atoms with Crippen molar-refractivity contribution in [2.24, 2.45) is 0 Å². The molecule has 1 N–H and O–H groups in total. The lowest BCUT2D eigenvalue weighted by Crippen LogP contribution is -2.18. The third-order valence-corrected chi connectivity index (χ3v) is 3.73. The molecule has 0 aliphatic heterocycles. The Bertz CT molecular complexity index is 697. The Morgan fingerprint density at radius 1 is 1.14 bits per heavy atom. The quantitative estimate of drug-likeness (QED) is 0.677. The minimum atomic E-state index is 0.874. The molecule has 0 saturated carbocycles. The van der Waals surface area contributed by atoms with E-state index in [0.717, 1.165) is 38.1 Å². The molecule has 0 atom stereocenters. The summed E-state index contributed by atoms with van der Waals surface area (Å²) in [6.07, 6.45) is 6.83. The molecule has 0 bridgehead atoms. The predicted molar refractivity (Wildman–Crippen MR) is 84.0 cm³/mol. The third kappa shape index (κ3) is 3.13. The molecule has 0 fully saturated rings. The van der Waals surface area contributed by atoms with Gasteiger partial charge < -0.3 is 14.5 Å². The average molecular weight is 283 g/mol. The van der Waals surface area contributed by atoms with E-state index < -0.39 is 0 Å². The maximum atomic E-state index is 4.41. The SMILES string of the molecule is CCn1cncc1CNCCCn1cnc2ccccc21. The molecule has 110 valence electrons. The summed E-state index contributed by atoms with van der Waals surface area (Å²) in [6.45, 7) is 5.95. The molecule has 0 spiro atoms. The number of para-hydroxylation sites is 2. The molecule has 0 saturated heterocycles. The number of hydrogen-bond donors (Lipinski definition) is 1. The van der Waals surface area contributed by atoms with Crippen LogP contribution in [0, 0.1) is 0 Å². The van der Waals surface area contributed by atoms with Gasteiger partial charge in [0.2, 0.25) is 0 Å². The predicted octanol–water partition coefficient (Wildman–Crippen LogP) is 2.43. The fraction of sp³-hybridized carbons (Fsp3) is 0.375. The molecule has 0 unspecified atom stereocenters. The first-order valence-corrected chi connectivity index (χ1v) is 7.48. The van der Waals surface area contributed by atoms with Gasteiger partial charge in [-0.1, -0.05) is 12.1 Å². The van der Waals surface area contributed by atoms with Crippen LogP contribution in [-0.4, -0.2) is 25.6 Å². The standard InChI is InChI=1S/C16H21N5/c1-2-20-12-18-11-14(20)10-17-8-5-9-21-13-19-15-6-3-4-7-16(15)21/h3-4,6-7,11-13,17H,2,5,8-10H2,1H3. The van der Waals surface area contributed by atoms with Gasteiger partial charge >= 0.3 is 0 Å². The molecule has 1 aromatic carbocycles. The van der Waals surface area contributed by atoms with Gasteiger partial charge in [0, 0.05) is 25.8 Å². The Kier molecular flexibility index (Phi) is 4.31. The second-order valence-corrected chi connectivity index (χ2v) is 5.13. The van der Waals surface area contributed by atoms with Crippen molar-refractivity contribution >= 4 is 11.0 Å². The van der Waals surface area contributed by atoms with Crippen molar-refractivity contribution < 1.29 is 0 Å². The maximum absolute atomic E-state index is 4.41. The van der Waals surface area contributed by atoms with E-state index in [9.17, 15) is 0 Å². The van der Waals surface area contributed by atoms with Crippen LogP contribution in [-0.2, 0) is 19.6 Å². The maximum Gasteiger partial charge on any atom is 0.0958 e. The number of nitrogens with zero attached hydrogens (tertiary/aromatic N) is 4. The molecule has 21 heavy (non-hydrogen) atoms. The van der Waals surface area contributed by atoms with Gasteiger partial charge in [-0.05, 0) is 32.0 Å². The van der Waals surface area contributed by atoms with Crippen LogP contribution in [0.3, 0.4) is 0 Å². The number of nitrogens with one attached hydrogen (secondary N) is 1. The minimum absolute atomic E-state index is 0.874. The summed E-state index contributed by atoms with van der Waals surface area (Å²) in [5.41, 5.74) is 3.52. The molecule has 3 aromatic rings. The van der Waals surface area contributed by atoms with Gasteiger partial charge in [0.1, 0.15) is 0 Å². The summed E-state index contributed by atoms with van der Waals surface area (Å²) in [5, 5.41) is 3.48. The zero-order valence-corrected chi connectivity index (χ0v) is 12.4. The minimum Gasteiger partial charge on any atom is -0.334 e. The molecule has 0 aliphatic rings. The fourth-order valence-corrected chi connectivity index (χ4v) is 2.56. The second kappa shape index (κ2) is 6.54. The van der Waals surface area contributed by atoms with E-state index in [1.807, 2.05) is 24.9 Å². The van der Waals surface area contributed by atoms with Gasteiger partial charge in [0.15, 0.2) is 0 Å². The Labute approximate surface area is 124 Å². The highest BCUT2D eigenvalue weighted by molar-refractivity contribution is 5.74. The lowest BCUT2D eigenvalue weighted by atomic mass is 10.3. The zero-order valence-electron chi connectivity index (χ0n) is 12.4. The van der Waals surface area contributed by atoms with E-state index in [1.54, 1.807) is 0 Å². The Hall–Kier alpha value is -2.14. The van der Waals surface area contributed by atoms with Crippen LogP contribution in [0.5, 0.6) is 0 Å². The van der Waals surface area contributed by atoms with Crippen LogP contribution >= 0.6 is 0 Å². The second-order valence-electron chi connectivity index (χ2n) is 5.13. The normalized spacial score (nSPS) is 11.3. The molecular weight excluding hydrogens is 262 g/mol. The highest BCUT2D eigenvalue weighted by Gasteiger charge is 2.02. The van der Waals surface area contributed by atoms with Crippen molar-refractivity contribution in [3.63, 3.8) is 0 Å². The number of benzene rings is 1. The van der Waals surface area contributed by atoms with Crippen molar-refractivity contribution in [1.29, 1.82) is 0 Å². The van der Waals surface area contributed by atoms with Gasteiger partial charge in [-0.3, -0.25) is 0 Å². The summed E-state index contributed by atoms with van der Waals surface area (Å²) in [4.78, 5) is 8.59. The molecule has 0 amide bonds.